The van der Waals surface area contributed by atoms with Crippen molar-refractivity contribution in [2.24, 2.45) is 0 Å². The number of hydrogen-bond acceptors (Lipinski definition) is 4. The van der Waals surface area contributed by atoms with E-state index in [1.54, 1.807) is 0 Å². The Morgan fingerprint density at radius 2 is 2.31 bits per heavy atom. The zero-order valence-corrected chi connectivity index (χ0v) is 8.56. The Hall–Kier alpha value is -2.35. The van der Waals surface area contributed by atoms with Crippen LogP contribution in [0.15, 0.2) is 18.3 Å². The molecule has 0 radical (unpaired) electrons. The number of ether oxygens (including phenoxy) is 1. The molecule has 82 valence electrons. The van der Waals surface area contributed by atoms with Gasteiger partial charge in [0.15, 0.2) is 0 Å². The summed E-state index contributed by atoms with van der Waals surface area (Å²) in [6.07, 6.45) is 1.31. The molecule has 1 aromatic heterocycles. The molecule has 0 aliphatic rings. The molecule has 0 atom stereocenters. The lowest BCUT2D eigenvalue weighted by atomic mass is 10.2. The van der Waals surface area contributed by atoms with Gasteiger partial charge in [-0.05, 0) is 18.1 Å². The average molecular weight is 219 g/mol. The van der Waals surface area contributed by atoms with Crippen molar-refractivity contribution < 1.29 is 19.4 Å². The van der Waals surface area contributed by atoms with E-state index in [1.165, 1.54) is 25.4 Å². The molecule has 0 saturated heterocycles. The largest absolute Gasteiger partial charge is 0.478 e. The first kappa shape index (κ1) is 11.7. The predicted octanol–water partition coefficient (Wildman–Crippen LogP) is 0.694. The smallest absolute Gasteiger partial charge is 0.335 e. The summed E-state index contributed by atoms with van der Waals surface area (Å²) in [5.41, 5.74) is 0.418. The standard InChI is InChI=1S/C11H9NO4/c1-16-10(13)4-2-3-9-7-8(11(14)15)5-6-12-9/h5-7H,4H2,1H3,(H,14,15). The number of carboxylic acids is 1. The summed E-state index contributed by atoms with van der Waals surface area (Å²) in [7, 11) is 1.27. The van der Waals surface area contributed by atoms with E-state index in [2.05, 4.69) is 21.6 Å². The number of aromatic nitrogens is 1. The zero-order valence-electron chi connectivity index (χ0n) is 8.56. The van der Waals surface area contributed by atoms with Gasteiger partial charge in [0.1, 0.15) is 12.1 Å². The molecule has 1 heterocycles. The van der Waals surface area contributed by atoms with Crippen LogP contribution in [0.4, 0.5) is 0 Å². The number of nitrogens with zero attached hydrogens (tertiary/aromatic N) is 1. The van der Waals surface area contributed by atoms with Crippen molar-refractivity contribution in [2.45, 2.75) is 6.42 Å². The van der Waals surface area contributed by atoms with Gasteiger partial charge in [0.05, 0.1) is 12.7 Å². The van der Waals surface area contributed by atoms with Crippen LogP contribution in [-0.4, -0.2) is 29.1 Å². The number of carbonyl (C=O) groups excluding carboxylic acids is 1. The molecule has 1 aromatic rings. The molecule has 1 N–H and O–H groups in total. The van der Waals surface area contributed by atoms with Gasteiger partial charge in [-0.1, -0.05) is 5.92 Å². The van der Waals surface area contributed by atoms with E-state index in [1.807, 2.05) is 0 Å². The molecule has 0 fully saturated rings. The number of carboxylic acid groups (broad SMARTS) is 1. The van der Waals surface area contributed by atoms with Gasteiger partial charge in [-0.2, -0.15) is 0 Å². The van der Waals surface area contributed by atoms with Crippen molar-refractivity contribution in [3.63, 3.8) is 0 Å². The van der Waals surface area contributed by atoms with Gasteiger partial charge >= 0.3 is 11.9 Å². The number of esters is 1. The first-order valence-corrected chi connectivity index (χ1v) is 4.38. The first-order chi connectivity index (χ1) is 7.63. The lowest BCUT2D eigenvalue weighted by Crippen LogP contribution is -1.98. The number of methoxy groups -OCH3 is 1. The molecule has 0 unspecified atom stereocenters. The van der Waals surface area contributed by atoms with Gasteiger partial charge < -0.3 is 9.84 Å². The van der Waals surface area contributed by atoms with Crippen molar-refractivity contribution in [1.29, 1.82) is 0 Å². The third-order valence-corrected chi connectivity index (χ3v) is 1.68. The molecule has 0 amide bonds. The summed E-state index contributed by atoms with van der Waals surface area (Å²) >= 11 is 0. The van der Waals surface area contributed by atoms with Crippen molar-refractivity contribution in [3.8, 4) is 11.8 Å². The summed E-state index contributed by atoms with van der Waals surface area (Å²) in [5.74, 6) is 3.63. The fourth-order valence-corrected chi connectivity index (χ4v) is 0.911. The molecule has 0 aliphatic carbocycles. The predicted molar refractivity (Wildman–Crippen MR) is 54.7 cm³/mol. The number of rotatable bonds is 2. The molecular formula is C11H9NO4. The van der Waals surface area contributed by atoms with Crippen molar-refractivity contribution in [3.05, 3.63) is 29.6 Å². The van der Waals surface area contributed by atoms with Crippen molar-refractivity contribution >= 4 is 11.9 Å². The Balaban J connectivity index is 2.77. The molecule has 0 saturated carbocycles. The molecule has 5 nitrogen and oxygen atoms in total. The Kier molecular flexibility index (Phi) is 4.04. The fraction of sp³-hybridized carbons (Fsp3) is 0.182. The lowest BCUT2D eigenvalue weighted by Gasteiger charge is -1.93. The summed E-state index contributed by atoms with van der Waals surface area (Å²) < 4.78 is 4.39. The van der Waals surface area contributed by atoms with Crippen LogP contribution in [0.25, 0.3) is 0 Å². The van der Waals surface area contributed by atoms with E-state index >= 15 is 0 Å². The van der Waals surface area contributed by atoms with Crippen molar-refractivity contribution in [1.82, 2.24) is 4.98 Å². The summed E-state index contributed by atoms with van der Waals surface area (Å²) in [4.78, 5) is 25.2. The highest BCUT2D eigenvalue weighted by Gasteiger charge is 2.02. The summed E-state index contributed by atoms with van der Waals surface area (Å²) in [6, 6.07) is 2.71. The highest BCUT2D eigenvalue weighted by molar-refractivity contribution is 5.87. The van der Waals surface area contributed by atoms with Crippen LogP contribution in [0.1, 0.15) is 22.5 Å². The van der Waals surface area contributed by atoms with Crippen LogP contribution in [0, 0.1) is 11.8 Å². The third-order valence-electron chi connectivity index (χ3n) is 1.68. The summed E-state index contributed by atoms with van der Waals surface area (Å²) in [6.45, 7) is 0. The molecule has 1 rings (SSSR count). The minimum atomic E-state index is -1.04. The average Bonchev–Trinajstić information content (AvgIpc) is 2.29. The van der Waals surface area contributed by atoms with E-state index in [-0.39, 0.29) is 12.0 Å². The molecule has 0 aromatic carbocycles. The molecule has 0 bridgehead atoms. The van der Waals surface area contributed by atoms with Crippen LogP contribution in [0.2, 0.25) is 0 Å². The van der Waals surface area contributed by atoms with E-state index in [0.29, 0.717) is 5.69 Å². The van der Waals surface area contributed by atoms with E-state index in [9.17, 15) is 9.59 Å². The van der Waals surface area contributed by atoms with Gasteiger partial charge in [0.2, 0.25) is 0 Å². The van der Waals surface area contributed by atoms with Crippen LogP contribution < -0.4 is 0 Å². The first-order valence-electron chi connectivity index (χ1n) is 4.38. The quantitative estimate of drug-likeness (QED) is 0.585. The molecule has 0 spiro atoms. The van der Waals surface area contributed by atoms with Crippen LogP contribution >= 0.6 is 0 Å². The van der Waals surface area contributed by atoms with Gasteiger partial charge in [0, 0.05) is 6.20 Å². The van der Waals surface area contributed by atoms with Crippen LogP contribution in [-0.2, 0) is 9.53 Å². The van der Waals surface area contributed by atoms with Gasteiger partial charge in [-0.25, -0.2) is 9.78 Å². The fourth-order valence-electron chi connectivity index (χ4n) is 0.911. The molecular weight excluding hydrogens is 210 g/mol. The monoisotopic (exact) mass is 219 g/mol. The molecule has 0 aliphatic heterocycles. The maximum Gasteiger partial charge on any atom is 0.335 e. The number of carbonyl (C=O) groups is 2. The number of hydrogen-bond donors (Lipinski definition) is 1. The van der Waals surface area contributed by atoms with E-state index in [0.717, 1.165) is 0 Å². The zero-order chi connectivity index (χ0) is 12.0. The van der Waals surface area contributed by atoms with Crippen LogP contribution in [0.5, 0.6) is 0 Å². The van der Waals surface area contributed by atoms with E-state index in [4.69, 9.17) is 5.11 Å². The Bertz CT molecular complexity index is 470. The molecule has 5 heteroatoms. The Morgan fingerprint density at radius 1 is 1.56 bits per heavy atom. The Morgan fingerprint density at radius 3 is 2.94 bits per heavy atom. The molecule has 16 heavy (non-hydrogen) atoms. The van der Waals surface area contributed by atoms with Crippen LogP contribution in [0.3, 0.4) is 0 Å². The maximum absolute atomic E-state index is 10.7. The maximum atomic E-state index is 10.7. The SMILES string of the molecule is COC(=O)CC#Cc1cc(C(=O)O)ccn1. The second kappa shape index (κ2) is 5.51. The number of pyridine rings is 1. The van der Waals surface area contributed by atoms with Crippen molar-refractivity contribution in [2.75, 3.05) is 7.11 Å². The van der Waals surface area contributed by atoms with Gasteiger partial charge in [0.25, 0.3) is 0 Å². The lowest BCUT2D eigenvalue weighted by molar-refractivity contribution is -0.139. The third kappa shape index (κ3) is 3.42. The van der Waals surface area contributed by atoms with E-state index < -0.39 is 11.9 Å². The highest BCUT2D eigenvalue weighted by atomic mass is 16.5. The van der Waals surface area contributed by atoms with Gasteiger partial charge in [-0.3, -0.25) is 4.79 Å². The topological polar surface area (TPSA) is 76.5 Å². The minimum Gasteiger partial charge on any atom is -0.478 e. The van der Waals surface area contributed by atoms with Gasteiger partial charge in [-0.15, -0.1) is 0 Å². The minimum absolute atomic E-state index is 0.0462. The second-order valence-corrected chi connectivity index (χ2v) is 2.79. The number of aromatic carboxylic acids is 1. The highest BCUT2D eigenvalue weighted by Crippen LogP contribution is 2.00. The Labute approximate surface area is 92.1 Å². The normalized spacial score (nSPS) is 8.81. The summed E-state index contributed by atoms with van der Waals surface area (Å²) in [5, 5.41) is 8.71. The second-order valence-electron chi connectivity index (χ2n) is 2.79.